The number of carbonyl (C=O) groups is 1. The van der Waals surface area contributed by atoms with Crippen molar-refractivity contribution >= 4 is 17.2 Å². The number of fused-ring (bicyclic) bond motifs is 3. The number of aromatic nitrogens is 2. The SMILES string of the molecule is Cc1nc(C)c(C(=O)N2C[C@H]3COC[C@@H]2CN(Cc2c(C)noc2C)C3)s1. The molecule has 8 heteroatoms. The summed E-state index contributed by atoms with van der Waals surface area (Å²) in [6.07, 6.45) is 0. The molecular formula is C19H26N4O3S. The Balaban J connectivity index is 1.56. The molecule has 0 radical (unpaired) electrons. The van der Waals surface area contributed by atoms with Crippen molar-refractivity contribution in [3.63, 3.8) is 0 Å². The molecule has 2 bridgehead atoms. The first-order valence-corrected chi connectivity index (χ1v) is 10.2. The molecule has 7 nitrogen and oxygen atoms in total. The van der Waals surface area contributed by atoms with Crippen LogP contribution >= 0.6 is 11.3 Å². The average Bonchev–Trinajstić information content (AvgIpc) is 2.96. The zero-order valence-corrected chi connectivity index (χ0v) is 17.1. The minimum absolute atomic E-state index is 0.0484. The predicted octanol–water partition coefficient (Wildman–Crippen LogP) is 2.34. The Morgan fingerprint density at radius 3 is 2.63 bits per heavy atom. The molecule has 0 aromatic carbocycles. The molecule has 0 saturated carbocycles. The second-order valence-electron chi connectivity index (χ2n) is 7.66. The van der Waals surface area contributed by atoms with Crippen LogP contribution in [0.1, 0.15) is 37.4 Å². The van der Waals surface area contributed by atoms with Gasteiger partial charge in [0.25, 0.3) is 5.91 Å². The van der Waals surface area contributed by atoms with Crippen molar-refractivity contribution in [2.24, 2.45) is 5.92 Å². The quantitative estimate of drug-likeness (QED) is 0.801. The van der Waals surface area contributed by atoms with Gasteiger partial charge in [-0.25, -0.2) is 4.98 Å². The van der Waals surface area contributed by atoms with Crippen LogP contribution in [0.3, 0.4) is 0 Å². The molecule has 2 aromatic rings. The van der Waals surface area contributed by atoms with Gasteiger partial charge in [0.05, 0.1) is 35.7 Å². The largest absolute Gasteiger partial charge is 0.379 e. The van der Waals surface area contributed by atoms with Crippen LogP contribution in [0.5, 0.6) is 0 Å². The number of aryl methyl sites for hydroxylation is 4. The van der Waals surface area contributed by atoms with E-state index in [0.29, 0.717) is 19.1 Å². The Bertz CT molecular complexity index is 827. The summed E-state index contributed by atoms with van der Waals surface area (Å²) < 4.78 is 11.2. The first kappa shape index (κ1) is 18.6. The van der Waals surface area contributed by atoms with Crippen LogP contribution in [-0.4, -0.2) is 64.7 Å². The summed E-state index contributed by atoms with van der Waals surface area (Å²) in [6, 6.07) is 0.0484. The highest BCUT2D eigenvalue weighted by atomic mass is 32.1. The number of thiazole rings is 1. The zero-order chi connectivity index (χ0) is 19.1. The summed E-state index contributed by atoms with van der Waals surface area (Å²) in [7, 11) is 0. The fourth-order valence-corrected chi connectivity index (χ4v) is 5.01. The standard InChI is InChI=1S/C19H26N4O3S/c1-11-17(13(3)26-21-11)8-22-5-15-6-23(16(7-22)10-25-9-15)19(24)18-12(2)20-14(4)27-18/h15-16H,5-10H2,1-4H3/t15-,16-/m0/s1. The van der Waals surface area contributed by atoms with Crippen molar-refractivity contribution in [3.8, 4) is 0 Å². The maximum absolute atomic E-state index is 13.3. The molecule has 2 aliphatic rings. The zero-order valence-electron chi connectivity index (χ0n) is 16.3. The first-order valence-electron chi connectivity index (χ1n) is 9.39. The van der Waals surface area contributed by atoms with Gasteiger partial charge in [0.15, 0.2) is 0 Å². The van der Waals surface area contributed by atoms with Crippen molar-refractivity contribution in [1.29, 1.82) is 0 Å². The van der Waals surface area contributed by atoms with E-state index in [0.717, 1.165) is 58.8 Å². The lowest BCUT2D eigenvalue weighted by molar-refractivity contribution is 0.0424. The lowest BCUT2D eigenvalue weighted by Crippen LogP contribution is -2.46. The Labute approximate surface area is 163 Å². The summed E-state index contributed by atoms with van der Waals surface area (Å²) >= 11 is 1.49. The molecule has 27 heavy (non-hydrogen) atoms. The molecule has 4 heterocycles. The van der Waals surface area contributed by atoms with Gasteiger partial charge in [0, 0.05) is 37.7 Å². The molecule has 0 N–H and O–H groups in total. The lowest BCUT2D eigenvalue weighted by Gasteiger charge is -2.31. The molecule has 146 valence electrons. The van der Waals surface area contributed by atoms with Crippen LogP contribution in [0.25, 0.3) is 0 Å². The Morgan fingerprint density at radius 2 is 1.96 bits per heavy atom. The summed E-state index contributed by atoms with van der Waals surface area (Å²) in [4.78, 5) is 22.9. The topological polar surface area (TPSA) is 71.7 Å². The van der Waals surface area contributed by atoms with E-state index in [1.165, 1.54) is 11.3 Å². The lowest BCUT2D eigenvalue weighted by atomic mass is 10.1. The number of amides is 1. The van der Waals surface area contributed by atoms with Crippen molar-refractivity contribution in [2.45, 2.75) is 40.3 Å². The molecule has 2 atom stereocenters. The van der Waals surface area contributed by atoms with Gasteiger partial charge in [0.1, 0.15) is 10.6 Å². The summed E-state index contributed by atoms with van der Waals surface area (Å²) in [5.41, 5.74) is 2.93. The van der Waals surface area contributed by atoms with Crippen LogP contribution < -0.4 is 0 Å². The highest BCUT2D eigenvalue weighted by molar-refractivity contribution is 7.13. The van der Waals surface area contributed by atoms with Crippen molar-refractivity contribution < 1.29 is 14.1 Å². The van der Waals surface area contributed by atoms with Crippen LogP contribution in [0.15, 0.2) is 4.52 Å². The Kier molecular flexibility index (Phi) is 5.05. The van der Waals surface area contributed by atoms with Gasteiger partial charge in [-0.15, -0.1) is 11.3 Å². The van der Waals surface area contributed by atoms with Crippen LogP contribution in [0, 0.1) is 33.6 Å². The normalized spacial score (nSPS) is 23.5. The summed E-state index contributed by atoms with van der Waals surface area (Å²) in [6.45, 7) is 12.3. The van der Waals surface area contributed by atoms with Crippen molar-refractivity contribution in [3.05, 3.63) is 32.6 Å². The van der Waals surface area contributed by atoms with Crippen LogP contribution in [-0.2, 0) is 11.3 Å². The molecule has 4 rings (SSSR count). The number of hydrogen-bond donors (Lipinski definition) is 0. The third-order valence-electron chi connectivity index (χ3n) is 5.47. The predicted molar refractivity (Wildman–Crippen MR) is 102 cm³/mol. The minimum Gasteiger partial charge on any atom is -0.379 e. The van der Waals surface area contributed by atoms with Crippen molar-refractivity contribution in [2.75, 3.05) is 32.8 Å². The van der Waals surface area contributed by atoms with Gasteiger partial charge < -0.3 is 14.2 Å². The summed E-state index contributed by atoms with van der Waals surface area (Å²) in [5.74, 6) is 1.27. The Morgan fingerprint density at radius 1 is 1.15 bits per heavy atom. The molecule has 2 aliphatic heterocycles. The number of ether oxygens (including phenoxy) is 1. The van der Waals surface area contributed by atoms with E-state index in [1.54, 1.807) is 0 Å². The molecule has 2 aromatic heterocycles. The van der Waals surface area contributed by atoms with E-state index in [-0.39, 0.29) is 11.9 Å². The molecule has 2 saturated heterocycles. The third-order valence-corrected chi connectivity index (χ3v) is 6.53. The van der Waals surface area contributed by atoms with Gasteiger partial charge in [-0.3, -0.25) is 9.69 Å². The van der Waals surface area contributed by atoms with Gasteiger partial charge in [-0.05, 0) is 27.7 Å². The van der Waals surface area contributed by atoms with E-state index >= 15 is 0 Å². The van der Waals surface area contributed by atoms with Gasteiger partial charge in [-0.1, -0.05) is 5.16 Å². The smallest absolute Gasteiger partial charge is 0.266 e. The molecule has 2 fully saturated rings. The minimum atomic E-state index is 0.0484. The summed E-state index contributed by atoms with van der Waals surface area (Å²) in [5, 5.41) is 5.01. The fraction of sp³-hybridized carbons (Fsp3) is 0.632. The van der Waals surface area contributed by atoms with Gasteiger partial charge in [-0.2, -0.15) is 0 Å². The number of nitrogens with zero attached hydrogens (tertiary/aromatic N) is 4. The highest BCUT2D eigenvalue weighted by Gasteiger charge is 2.37. The third kappa shape index (κ3) is 3.66. The van der Waals surface area contributed by atoms with Crippen molar-refractivity contribution in [1.82, 2.24) is 19.9 Å². The monoisotopic (exact) mass is 390 g/mol. The fourth-order valence-electron chi connectivity index (χ4n) is 4.13. The maximum Gasteiger partial charge on any atom is 0.266 e. The molecule has 0 spiro atoms. The van der Waals surface area contributed by atoms with E-state index in [9.17, 15) is 4.79 Å². The number of carbonyl (C=O) groups excluding carboxylic acids is 1. The number of rotatable bonds is 3. The molecule has 0 aliphatic carbocycles. The molecule has 1 amide bonds. The molecule has 0 unspecified atom stereocenters. The van der Waals surface area contributed by atoms with Crippen LogP contribution in [0.2, 0.25) is 0 Å². The van der Waals surface area contributed by atoms with E-state index in [4.69, 9.17) is 9.26 Å². The van der Waals surface area contributed by atoms with Gasteiger partial charge in [0.2, 0.25) is 0 Å². The maximum atomic E-state index is 13.3. The second kappa shape index (κ2) is 7.33. The number of hydrogen-bond acceptors (Lipinski definition) is 7. The molecular weight excluding hydrogens is 364 g/mol. The highest BCUT2D eigenvalue weighted by Crippen LogP contribution is 2.27. The van der Waals surface area contributed by atoms with E-state index in [2.05, 4.69) is 15.0 Å². The van der Waals surface area contributed by atoms with Crippen LogP contribution in [0.4, 0.5) is 0 Å². The average molecular weight is 391 g/mol. The van der Waals surface area contributed by atoms with E-state index < -0.39 is 0 Å². The van der Waals surface area contributed by atoms with E-state index in [1.807, 2.05) is 32.6 Å². The van der Waals surface area contributed by atoms with Gasteiger partial charge >= 0.3 is 0 Å². The first-order chi connectivity index (χ1) is 12.9. The Hall–Kier alpha value is -1.77. The second-order valence-corrected chi connectivity index (χ2v) is 8.86.